The van der Waals surface area contributed by atoms with Crippen LogP contribution in [0.3, 0.4) is 0 Å². The molecule has 0 spiro atoms. The van der Waals surface area contributed by atoms with E-state index in [4.69, 9.17) is 4.74 Å². The van der Waals surface area contributed by atoms with Gasteiger partial charge in [-0.3, -0.25) is 0 Å². The summed E-state index contributed by atoms with van der Waals surface area (Å²) in [5, 5.41) is 9.93. The van der Waals surface area contributed by atoms with Crippen LogP contribution in [0.1, 0.15) is 40.0 Å². The molecular formula is C13H28O3Si. The number of ether oxygens (including phenoxy) is 1. The summed E-state index contributed by atoms with van der Waals surface area (Å²) in [5.74, 6) is 0.456. The maximum atomic E-state index is 10.2. The first-order chi connectivity index (χ1) is 7.63. The monoisotopic (exact) mass is 260 g/mol. The summed E-state index contributed by atoms with van der Waals surface area (Å²) < 4.78 is 5.69. The number of aliphatic hydroxyl groups is 1. The van der Waals surface area contributed by atoms with Crippen LogP contribution in [-0.4, -0.2) is 37.0 Å². The van der Waals surface area contributed by atoms with Gasteiger partial charge < -0.3 is 14.6 Å². The SMILES string of the molecule is C[C@H]1CO[C@H](CCC(C)(C)[Si](C)(C)O)[C@@H](O)C1. The first-order valence-corrected chi connectivity index (χ1v) is 9.60. The van der Waals surface area contributed by atoms with E-state index in [0.717, 1.165) is 25.9 Å². The van der Waals surface area contributed by atoms with Crippen LogP contribution in [-0.2, 0) is 4.74 Å². The van der Waals surface area contributed by atoms with Crippen LogP contribution in [0.5, 0.6) is 0 Å². The van der Waals surface area contributed by atoms with Gasteiger partial charge >= 0.3 is 0 Å². The molecule has 1 saturated heterocycles. The molecule has 3 nitrogen and oxygen atoms in total. The number of hydrogen-bond donors (Lipinski definition) is 2. The zero-order valence-electron chi connectivity index (χ0n) is 11.9. The highest BCUT2D eigenvalue weighted by molar-refractivity contribution is 6.72. The molecule has 0 amide bonds. The molecule has 2 N–H and O–H groups in total. The summed E-state index contributed by atoms with van der Waals surface area (Å²) in [6, 6.07) is 0. The van der Waals surface area contributed by atoms with Gasteiger partial charge in [0.05, 0.1) is 12.2 Å². The summed E-state index contributed by atoms with van der Waals surface area (Å²) in [6.07, 6.45) is 2.22. The minimum Gasteiger partial charge on any atom is -0.432 e. The third kappa shape index (κ3) is 4.05. The summed E-state index contributed by atoms with van der Waals surface area (Å²) >= 11 is 0. The van der Waals surface area contributed by atoms with Crippen LogP contribution in [0.15, 0.2) is 0 Å². The molecule has 102 valence electrons. The largest absolute Gasteiger partial charge is 0.432 e. The van der Waals surface area contributed by atoms with E-state index in [0.29, 0.717) is 5.92 Å². The van der Waals surface area contributed by atoms with Crippen LogP contribution in [0.2, 0.25) is 18.1 Å². The molecule has 1 aliphatic heterocycles. The zero-order valence-corrected chi connectivity index (χ0v) is 12.9. The lowest BCUT2D eigenvalue weighted by atomic mass is 9.93. The van der Waals surface area contributed by atoms with Gasteiger partial charge in [-0.25, -0.2) is 0 Å². The van der Waals surface area contributed by atoms with Gasteiger partial charge in [-0.05, 0) is 43.3 Å². The number of rotatable bonds is 4. The van der Waals surface area contributed by atoms with E-state index in [1.807, 2.05) is 13.1 Å². The summed E-state index contributed by atoms with van der Waals surface area (Å²) in [7, 11) is -2.14. The van der Waals surface area contributed by atoms with E-state index in [1.165, 1.54) is 0 Å². The Kier molecular flexibility index (Phi) is 4.80. The lowest BCUT2D eigenvalue weighted by molar-refractivity contribution is -0.0988. The van der Waals surface area contributed by atoms with Gasteiger partial charge in [-0.15, -0.1) is 0 Å². The minimum absolute atomic E-state index is 0.0286. The fourth-order valence-corrected chi connectivity index (χ4v) is 2.87. The van der Waals surface area contributed by atoms with Crippen LogP contribution < -0.4 is 0 Å². The van der Waals surface area contributed by atoms with E-state index in [1.54, 1.807) is 0 Å². The molecule has 0 aromatic carbocycles. The minimum atomic E-state index is -2.14. The van der Waals surface area contributed by atoms with E-state index in [9.17, 15) is 9.90 Å². The van der Waals surface area contributed by atoms with Gasteiger partial charge in [0.25, 0.3) is 0 Å². The maximum Gasteiger partial charge on any atom is 0.188 e. The van der Waals surface area contributed by atoms with Crippen LogP contribution in [0, 0.1) is 5.92 Å². The van der Waals surface area contributed by atoms with Crippen molar-refractivity contribution in [2.45, 2.75) is 70.4 Å². The van der Waals surface area contributed by atoms with Crippen molar-refractivity contribution in [2.75, 3.05) is 6.61 Å². The Morgan fingerprint density at radius 1 is 1.35 bits per heavy atom. The van der Waals surface area contributed by atoms with Crippen molar-refractivity contribution in [2.24, 2.45) is 5.92 Å². The number of aliphatic hydroxyl groups excluding tert-OH is 1. The fraction of sp³-hybridized carbons (Fsp3) is 1.00. The van der Waals surface area contributed by atoms with Crippen molar-refractivity contribution in [1.82, 2.24) is 0 Å². The third-order valence-electron chi connectivity index (χ3n) is 4.38. The molecule has 1 aliphatic rings. The molecule has 0 aliphatic carbocycles. The molecule has 3 atom stereocenters. The van der Waals surface area contributed by atoms with Crippen molar-refractivity contribution >= 4 is 8.32 Å². The average Bonchev–Trinajstić information content (AvgIpc) is 2.14. The Bertz CT molecular complexity index is 248. The normalized spacial score (nSPS) is 31.6. The Morgan fingerprint density at radius 2 is 1.94 bits per heavy atom. The molecule has 0 radical (unpaired) electrons. The molecule has 0 bridgehead atoms. The summed E-state index contributed by atoms with van der Waals surface area (Å²) in [5.41, 5.74) is 0. The van der Waals surface area contributed by atoms with E-state index in [2.05, 4.69) is 20.8 Å². The Labute approximate surface area is 106 Å². The lowest BCUT2D eigenvalue weighted by Gasteiger charge is -2.38. The smallest absolute Gasteiger partial charge is 0.188 e. The van der Waals surface area contributed by atoms with Gasteiger partial charge in [0.2, 0.25) is 0 Å². The topological polar surface area (TPSA) is 49.7 Å². The van der Waals surface area contributed by atoms with Crippen molar-refractivity contribution < 1.29 is 14.6 Å². The first-order valence-electron chi connectivity index (χ1n) is 6.65. The molecule has 0 aromatic heterocycles. The van der Waals surface area contributed by atoms with Gasteiger partial charge in [0.1, 0.15) is 0 Å². The van der Waals surface area contributed by atoms with Gasteiger partial charge in [-0.2, -0.15) is 0 Å². The van der Waals surface area contributed by atoms with Crippen LogP contribution in [0.25, 0.3) is 0 Å². The summed E-state index contributed by atoms with van der Waals surface area (Å²) in [6.45, 7) is 11.1. The molecule has 4 heteroatoms. The van der Waals surface area contributed by atoms with Crippen LogP contribution in [0.4, 0.5) is 0 Å². The predicted octanol–water partition coefficient (Wildman–Crippen LogP) is 2.53. The second-order valence-corrected chi connectivity index (χ2v) is 11.2. The molecule has 0 saturated carbocycles. The standard InChI is InChI=1S/C13H28O3Si/c1-10-8-11(14)12(16-9-10)6-7-13(2,3)17(4,5)15/h10-12,14-15H,6-9H2,1-5H3/t10-,11+,12-/m1/s1. The van der Waals surface area contributed by atoms with E-state index in [-0.39, 0.29) is 17.2 Å². The van der Waals surface area contributed by atoms with Gasteiger partial charge in [-0.1, -0.05) is 20.8 Å². The predicted molar refractivity (Wildman–Crippen MR) is 72.5 cm³/mol. The Hall–Kier alpha value is 0.0969. The van der Waals surface area contributed by atoms with Crippen molar-refractivity contribution in [3.05, 3.63) is 0 Å². The first kappa shape index (κ1) is 15.2. The van der Waals surface area contributed by atoms with Crippen molar-refractivity contribution in [3.8, 4) is 0 Å². The van der Waals surface area contributed by atoms with Crippen molar-refractivity contribution in [3.63, 3.8) is 0 Å². The zero-order chi connectivity index (χ0) is 13.3. The molecule has 1 fully saturated rings. The molecule has 0 aromatic rings. The second kappa shape index (κ2) is 5.39. The highest BCUT2D eigenvalue weighted by atomic mass is 28.4. The fourth-order valence-electron chi connectivity index (χ4n) is 2.12. The second-order valence-electron chi connectivity index (χ2n) is 6.76. The molecule has 0 unspecified atom stereocenters. The Morgan fingerprint density at radius 3 is 2.41 bits per heavy atom. The maximum absolute atomic E-state index is 10.2. The molecule has 17 heavy (non-hydrogen) atoms. The highest BCUT2D eigenvalue weighted by Crippen LogP contribution is 2.41. The van der Waals surface area contributed by atoms with E-state index < -0.39 is 8.32 Å². The average molecular weight is 260 g/mol. The molecular weight excluding hydrogens is 232 g/mol. The quantitative estimate of drug-likeness (QED) is 0.764. The lowest BCUT2D eigenvalue weighted by Crippen LogP contribution is -2.42. The van der Waals surface area contributed by atoms with E-state index >= 15 is 0 Å². The molecule has 1 rings (SSSR count). The Balaban J connectivity index is 2.46. The van der Waals surface area contributed by atoms with Crippen molar-refractivity contribution in [1.29, 1.82) is 0 Å². The molecule has 1 heterocycles. The van der Waals surface area contributed by atoms with Crippen LogP contribution >= 0.6 is 0 Å². The summed E-state index contributed by atoms with van der Waals surface area (Å²) in [4.78, 5) is 10.2. The number of hydrogen-bond acceptors (Lipinski definition) is 3. The highest BCUT2D eigenvalue weighted by Gasteiger charge is 2.39. The van der Waals surface area contributed by atoms with Gasteiger partial charge in [0.15, 0.2) is 8.32 Å². The third-order valence-corrected chi connectivity index (χ3v) is 7.94. The van der Waals surface area contributed by atoms with Gasteiger partial charge in [0, 0.05) is 6.61 Å².